The molecule has 1 atom stereocenters. The molecule has 0 bridgehead atoms. The van der Waals surface area contributed by atoms with E-state index < -0.39 is 0 Å². The summed E-state index contributed by atoms with van der Waals surface area (Å²) in [5, 5.41) is 0. The van der Waals surface area contributed by atoms with Gasteiger partial charge in [0.05, 0.1) is 0 Å². The molecule has 100 valence electrons. The lowest BCUT2D eigenvalue weighted by molar-refractivity contribution is -0.134. The van der Waals surface area contributed by atoms with Crippen LogP contribution < -0.4 is 0 Å². The number of carbonyl (C=O) groups is 1. The van der Waals surface area contributed by atoms with Gasteiger partial charge < -0.3 is 4.90 Å². The van der Waals surface area contributed by atoms with Gasteiger partial charge in [-0.15, -0.1) is 0 Å². The lowest BCUT2D eigenvalue weighted by Gasteiger charge is -2.31. The number of amides is 1. The Morgan fingerprint density at radius 3 is 2.47 bits per heavy atom. The third-order valence-electron chi connectivity index (χ3n) is 3.45. The average Bonchev–Trinajstić information content (AvgIpc) is 2.20. The Kier molecular flexibility index (Phi) is 4.27. The second-order valence-electron chi connectivity index (χ2n) is 7.81. The van der Waals surface area contributed by atoms with E-state index in [2.05, 4.69) is 46.4 Å². The summed E-state index contributed by atoms with van der Waals surface area (Å²) in [7, 11) is 0. The van der Waals surface area contributed by atoms with E-state index in [9.17, 15) is 4.79 Å². The first-order valence-corrected chi connectivity index (χ1v) is 6.87. The van der Waals surface area contributed by atoms with Gasteiger partial charge in [0, 0.05) is 19.5 Å². The average molecular weight is 239 g/mol. The Hall–Kier alpha value is -0.530. The fourth-order valence-electron chi connectivity index (χ4n) is 2.86. The first kappa shape index (κ1) is 14.5. The topological polar surface area (TPSA) is 20.3 Å². The van der Waals surface area contributed by atoms with E-state index in [1.807, 2.05) is 0 Å². The van der Waals surface area contributed by atoms with Crippen LogP contribution in [0.25, 0.3) is 0 Å². The summed E-state index contributed by atoms with van der Waals surface area (Å²) in [6, 6.07) is 0. The van der Waals surface area contributed by atoms with Crippen molar-refractivity contribution in [2.75, 3.05) is 13.1 Å². The summed E-state index contributed by atoms with van der Waals surface area (Å²) in [6.07, 6.45) is 3.04. The lowest BCUT2D eigenvalue weighted by Crippen LogP contribution is -2.39. The molecule has 1 amide bonds. The second-order valence-corrected chi connectivity index (χ2v) is 7.81. The second kappa shape index (κ2) is 4.99. The van der Waals surface area contributed by atoms with E-state index in [-0.39, 0.29) is 10.8 Å². The minimum Gasteiger partial charge on any atom is -0.342 e. The molecule has 1 unspecified atom stereocenters. The molecule has 0 spiro atoms. The van der Waals surface area contributed by atoms with Crippen LogP contribution in [0, 0.1) is 16.7 Å². The molecule has 0 N–H and O–H groups in total. The number of nitrogens with zero attached hydrogens (tertiary/aromatic N) is 1. The number of hydrogen-bond donors (Lipinski definition) is 0. The van der Waals surface area contributed by atoms with E-state index >= 15 is 0 Å². The van der Waals surface area contributed by atoms with Crippen molar-refractivity contribution in [3.63, 3.8) is 0 Å². The van der Waals surface area contributed by atoms with Crippen LogP contribution in [0.4, 0.5) is 0 Å². The van der Waals surface area contributed by atoms with Gasteiger partial charge in [-0.3, -0.25) is 4.79 Å². The van der Waals surface area contributed by atoms with Gasteiger partial charge in [0.1, 0.15) is 0 Å². The van der Waals surface area contributed by atoms with Crippen molar-refractivity contribution in [2.45, 2.75) is 60.8 Å². The monoisotopic (exact) mass is 239 g/mol. The zero-order chi connectivity index (χ0) is 13.3. The van der Waals surface area contributed by atoms with Crippen molar-refractivity contribution in [1.82, 2.24) is 4.90 Å². The molecule has 2 nitrogen and oxygen atoms in total. The van der Waals surface area contributed by atoms with Crippen molar-refractivity contribution in [3.05, 3.63) is 0 Å². The Morgan fingerprint density at radius 2 is 1.94 bits per heavy atom. The summed E-state index contributed by atoms with van der Waals surface area (Å²) in [5.74, 6) is 1.07. The van der Waals surface area contributed by atoms with Gasteiger partial charge in [0.15, 0.2) is 0 Å². The molecule has 0 saturated carbocycles. The van der Waals surface area contributed by atoms with Crippen molar-refractivity contribution in [1.29, 1.82) is 0 Å². The lowest BCUT2D eigenvalue weighted by atomic mass is 9.83. The third-order valence-corrected chi connectivity index (χ3v) is 3.45. The van der Waals surface area contributed by atoms with Crippen LogP contribution in [0.1, 0.15) is 60.8 Å². The van der Waals surface area contributed by atoms with Crippen LogP contribution in [0.3, 0.4) is 0 Å². The summed E-state index contributed by atoms with van der Waals surface area (Å²) >= 11 is 0. The normalized spacial score (nSPS) is 25.5. The number of hydrogen-bond acceptors (Lipinski definition) is 1. The third kappa shape index (κ3) is 5.10. The minimum atomic E-state index is 0.0964. The van der Waals surface area contributed by atoms with Gasteiger partial charge in [0.25, 0.3) is 0 Å². The molecule has 1 saturated heterocycles. The van der Waals surface area contributed by atoms with Crippen LogP contribution in [0.15, 0.2) is 0 Å². The predicted octanol–water partition coefficient (Wildman–Crippen LogP) is 3.71. The van der Waals surface area contributed by atoms with Gasteiger partial charge in [-0.25, -0.2) is 0 Å². The van der Waals surface area contributed by atoms with Crippen LogP contribution in [-0.2, 0) is 4.79 Å². The maximum atomic E-state index is 12.3. The Balaban J connectivity index is 2.67. The summed E-state index contributed by atoms with van der Waals surface area (Å²) in [4.78, 5) is 14.4. The van der Waals surface area contributed by atoms with Gasteiger partial charge in [-0.1, -0.05) is 41.5 Å². The van der Waals surface area contributed by atoms with E-state index in [0.29, 0.717) is 12.3 Å². The number of likely N-dealkylation sites (tertiary alicyclic amines) is 1. The molecule has 2 heteroatoms. The Morgan fingerprint density at radius 1 is 1.35 bits per heavy atom. The van der Waals surface area contributed by atoms with Crippen LogP contribution in [0.2, 0.25) is 0 Å². The van der Waals surface area contributed by atoms with Gasteiger partial charge in [-0.05, 0) is 29.6 Å². The summed E-state index contributed by atoms with van der Waals surface area (Å²) in [6.45, 7) is 15.1. The van der Waals surface area contributed by atoms with E-state index in [1.165, 1.54) is 6.42 Å². The van der Waals surface area contributed by atoms with Crippen molar-refractivity contribution >= 4 is 5.91 Å². The standard InChI is InChI=1S/C15H29NO/c1-12-7-8-16(11-15(5,6)9-12)13(17)10-14(2,3)4/h12H,7-11H2,1-6H3. The predicted molar refractivity (Wildman–Crippen MR) is 72.8 cm³/mol. The zero-order valence-electron chi connectivity index (χ0n) is 12.5. The largest absolute Gasteiger partial charge is 0.342 e. The van der Waals surface area contributed by atoms with Gasteiger partial charge in [0.2, 0.25) is 5.91 Å². The maximum absolute atomic E-state index is 12.3. The van der Waals surface area contributed by atoms with E-state index in [1.54, 1.807) is 0 Å². The quantitative estimate of drug-likeness (QED) is 0.683. The highest BCUT2D eigenvalue weighted by molar-refractivity contribution is 5.76. The first-order valence-electron chi connectivity index (χ1n) is 6.87. The smallest absolute Gasteiger partial charge is 0.223 e. The molecule has 0 aromatic rings. The highest BCUT2D eigenvalue weighted by atomic mass is 16.2. The highest BCUT2D eigenvalue weighted by Gasteiger charge is 2.31. The van der Waals surface area contributed by atoms with Crippen LogP contribution >= 0.6 is 0 Å². The van der Waals surface area contributed by atoms with Gasteiger partial charge in [-0.2, -0.15) is 0 Å². The van der Waals surface area contributed by atoms with E-state index in [4.69, 9.17) is 0 Å². The van der Waals surface area contributed by atoms with Gasteiger partial charge >= 0.3 is 0 Å². The molecule has 1 fully saturated rings. The maximum Gasteiger partial charge on any atom is 0.223 e. The molecule has 1 aliphatic rings. The van der Waals surface area contributed by atoms with Crippen molar-refractivity contribution < 1.29 is 4.79 Å². The van der Waals surface area contributed by atoms with E-state index in [0.717, 1.165) is 25.4 Å². The van der Waals surface area contributed by atoms with Crippen molar-refractivity contribution in [3.8, 4) is 0 Å². The zero-order valence-corrected chi connectivity index (χ0v) is 12.5. The summed E-state index contributed by atoms with van der Waals surface area (Å²) in [5.41, 5.74) is 0.364. The highest BCUT2D eigenvalue weighted by Crippen LogP contribution is 2.32. The van der Waals surface area contributed by atoms with Crippen LogP contribution in [-0.4, -0.2) is 23.9 Å². The van der Waals surface area contributed by atoms with Crippen molar-refractivity contribution in [2.24, 2.45) is 16.7 Å². The molecule has 1 rings (SSSR count). The molecular weight excluding hydrogens is 210 g/mol. The molecular formula is C15H29NO. The Bertz CT molecular complexity index is 275. The summed E-state index contributed by atoms with van der Waals surface area (Å²) < 4.78 is 0. The molecule has 0 aliphatic carbocycles. The Labute approximate surface area is 107 Å². The molecule has 1 aliphatic heterocycles. The number of carbonyl (C=O) groups excluding carboxylic acids is 1. The fraction of sp³-hybridized carbons (Fsp3) is 0.933. The molecule has 0 aromatic heterocycles. The molecule has 0 aromatic carbocycles. The SMILES string of the molecule is CC1CCN(C(=O)CC(C)(C)C)CC(C)(C)C1. The molecule has 0 radical (unpaired) electrons. The number of rotatable bonds is 1. The molecule has 1 heterocycles. The first-order chi connectivity index (χ1) is 7.59. The fourth-order valence-corrected chi connectivity index (χ4v) is 2.86. The van der Waals surface area contributed by atoms with Crippen LogP contribution in [0.5, 0.6) is 0 Å². The minimum absolute atomic E-state index is 0.0964. The molecule has 17 heavy (non-hydrogen) atoms.